The Morgan fingerprint density at radius 2 is 1.82 bits per heavy atom. The van der Waals surface area contributed by atoms with Gasteiger partial charge in [0.1, 0.15) is 0 Å². The van der Waals surface area contributed by atoms with Crippen molar-refractivity contribution in [1.82, 2.24) is 4.98 Å². The Hall–Kier alpha value is -2.59. The van der Waals surface area contributed by atoms with Crippen LogP contribution in [0.2, 0.25) is 5.02 Å². The molecule has 110 valence electrons. The van der Waals surface area contributed by atoms with Gasteiger partial charge in [-0.2, -0.15) is 0 Å². The number of ether oxygens (including phenoxy) is 1. The minimum atomic E-state index is -0.200. The van der Waals surface area contributed by atoms with Crippen LogP contribution in [-0.2, 0) is 0 Å². The average Bonchev–Trinajstić information content (AvgIpc) is 2.55. The number of aromatic nitrogens is 1. The fourth-order valence-corrected chi connectivity index (χ4v) is 2.22. The number of fused-ring (bicyclic) bond motifs is 1. The van der Waals surface area contributed by atoms with Crippen molar-refractivity contribution in [3.05, 3.63) is 65.2 Å². The number of nitrogens with one attached hydrogen (secondary N) is 1. The number of carbonyl (C=O) groups is 1. The molecule has 0 aliphatic carbocycles. The molecule has 0 aliphatic rings. The summed E-state index contributed by atoms with van der Waals surface area (Å²) in [5, 5.41) is 4.40. The van der Waals surface area contributed by atoms with E-state index in [9.17, 15) is 4.79 Å². The van der Waals surface area contributed by atoms with E-state index in [1.165, 1.54) is 0 Å². The lowest BCUT2D eigenvalue weighted by atomic mass is 10.1. The zero-order valence-electron chi connectivity index (χ0n) is 11.8. The number of amides is 1. The van der Waals surface area contributed by atoms with Crippen LogP contribution in [0.25, 0.3) is 10.9 Å². The van der Waals surface area contributed by atoms with E-state index < -0.39 is 0 Å². The van der Waals surface area contributed by atoms with E-state index in [0.29, 0.717) is 27.7 Å². The van der Waals surface area contributed by atoms with E-state index in [0.717, 1.165) is 5.39 Å². The van der Waals surface area contributed by atoms with Gasteiger partial charge in [-0.05, 0) is 42.5 Å². The third-order valence-electron chi connectivity index (χ3n) is 3.24. The van der Waals surface area contributed by atoms with Gasteiger partial charge < -0.3 is 10.1 Å². The number of rotatable bonds is 3. The number of pyridine rings is 1. The Morgan fingerprint density at radius 3 is 2.55 bits per heavy atom. The molecule has 1 heterocycles. The molecule has 2 aromatic carbocycles. The maximum atomic E-state index is 12.3. The third-order valence-corrected chi connectivity index (χ3v) is 3.49. The molecule has 22 heavy (non-hydrogen) atoms. The number of halogens is 1. The van der Waals surface area contributed by atoms with Crippen molar-refractivity contribution in [3.8, 4) is 5.88 Å². The van der Waals surface area contributed by atoms with Crippen molar-refractivity contribution in [3.63, 3.8) is 0 Å². The molecular weight excluding hydrogens is 300 g/mol. The van der Waals surface area contributed by atoms with Crippen LogP contribution >= 0.6 is 11.6 Å². The van der Waals surface area contributed by atoms with Crippen LogP contribution in [0.5, 0.6) is 5.88 Å². The summed E-state index contributed by atoms with van der Waals surface area (Å²) < 4.78 is 5.11. The largest absolute Gasteiger partial charge is 0.481 e. The van der Waals surface area contributed by atoms with Crippen LogP contribution in [0.15, 0.2) is 54.6 Å². The number of anilines is 1. The summed E-state index contributed by atoms with van der Waals surface area (Å²) in [5.41, 5.74) is 1.93. The number of carbonyl (C=O) groups excluding carboxylic acids is 1. The fraction of sp³-hybridized carbons (Fsp3) is 0.0588. The second-order valence-electron chi connectivity index (χ2n) is 4.72. The molecule has 1 aromatic heterocycles. The Bertz CT molecular complexity index is 832. The van der Waals surface area contributed by atoms with Crippen molar-refractivity contribution in [2.75, 3.05) is 12.4 Å². The number of hydrogen-bond donors (Lipinski definition) is 1. The predicted molar refractivity (Wildman–Crippen MR) is 87.7 cm³/mol. The second kappa shape index (κ2) is 6.03. The quantitative estimate of drug-likeness (QED) is 0.790. The molecule has 5 heteroatoms. The first-order valence-corrected chi connectivity index (χ1v) is 7.05. The van der Waals surface area contributed by atoms with Gasteiger partial charge in [0.2, 0.25) is 5.88 Å². The molecule has 0 fully saturated rings. The van der Waals surface area contributed by atoms with E-state index in [1.54, 1.807) is 49.6 Å². The summed E-state index contributed by atoms with van der Waals surface area (Å²) in [7, 11) is 1.56. The summed E-state index contributed by atoms with van der Waals surface area (Å²) in [6, 6.07) is 16.0. The summed E-state index contributed by atoms with van der Waals surface area (Å²) in [4.78, 5) is 16.6. The van der Waals surface area contributed by atoms with Crippen molar-refractivity contribution in [2.45, 2.75) is 0 Å². The molecular formula is C17H13ClN2O2. The zero-order chi connectivity index (χ0) is 15.5. The molecule has 0 bridgehead atoms. The molecule has 0 spiro atoms. The molecule has 0 radical (unpaired) electrons. The number of benzene rings is 2. The highest BCUT2D eigenvalue weighted by atomic mass is 35.5. The van der Waals surface area contributed by atoms with Crippen molar-refractivity contribution in [1.29, 1.82) is 0 Å². The van der Waals surface area contributed by atoms with Crippen LogP contribution in [-0.4, -0.2) is 18.0 Å². The van der Waals surface area contributed by atoms with Gasteiger partial charge in [-0.15, -0.1) is 0 Å². The van der Waals surface area contributed by atoms with Crippen molar-refractivity contribution in [2.24, 2.45) is 0 Å². The van der Waals surface area contributed by atoms with Gasteiger partial charge in [0.25, 0.3) is 5.91 Å². The highest BCUT2D eigenvalue weighted by molar-refractivity contribution is 6.30. The van der Waals surface area contributed by atoms with Crippen molar-refractivity contribution < 1.29 is 9.53 Å². The van der Waals surface area contributed by atoms with E-state index in [1.807, 2.05) is 12.1 Å². The molecule has 3 rings (SSSR count). The van der Waals surface area contributed by atoms with Crippen molar-refractivity contribution >= 4 is 34.1 Å². The lowest BCUT2D eigenvalue weighted by molar-refractivity contribution is 0.102. The SMILES string of the molecule is COc1ccc2ccc(C(=O)Nc3ccc(Cl)cc3)cc2n1. The van der Waals surface area contributed by atoms with Crippen LogP contribution < -0.4 is 10.1 Å². The van der Waals surface area contributed by atoms with E-state index in [2.05, 4.69) is 10.3 Å². The lowest BCUT2D eigenvalue weighted by Crippen LogP contribution is -2.11. The highest BCUT2D eigenvalue weighted by Crippen LogP contribution is 2.19. The van der Waals surface area contributed by atoms with E-state index in [-0.39, 0.29) is 5.91 Å². The second-order valence-corrected chi connectivity index (χ2v) is 5.16. The average molecular weight is 313 g/mol. The fourth-order valence-electron chi connectivity index (χ4n) is 2.09. The van der Waals surface area contributed by atoms with E-state index in [4.69, 9.17) is 16.3 Å². The Morgan fingerprint density at radius 1 is 1.09 bits per heavy atom. The van der Waals surface area contributed by atoms with Crippen LogP contribution in [0.4, 0.5) is 5.69 Å². The highest BCUT2D eigenvalue weighted by Gasteiger charge is 2.08. The molecule has 0 unspecified atom stereocenters. The minimum absolute atomic E-state index is 0.200. The van der Waals surface area contributed by atoms with E-state index >= 15 is 0 Å². The van der Waals surface area contributed by atoms with Gasteiger partial charge in [0.05, 0.1) is 12.6 Å². The maximum Gasteiger partial charge on any atom is 0.255 e. The first kappa shape index (κ1) is 14.4. The summed E-state index contributed by atoms with van der Waals surface area (Å²) >= 11 is 5.83. The minimum Gasteiger partial charge on any atom is -0.481 e. The standard InChI is InChI=1S/C17H13ClN2O2/c1-22-16-9-4-11-2-3-12(10-15(11)20-16)17(21)19-14-7-5-13(18)6-8-14/h2-10H,1H3,(H,19,21). The molecule has 3 aromatic rings. The van der Waals surface area contributed by atoms with Gasteiger partial charge >= 0.3 is 0 Å². The third kappa shape index (κ3) is 3.02. The Kier molecular flexibility index (Phi) is 3.94. The van der Waals surface area contributed by atoms with Gasteiger partial charge in [0.15, 0.2) is 0 Å². The summed E-state index contributed by atoms with van der Waals surface area (Å²) in [6.07, 6.45) is 0. The monoisotopic (exact) mass is 312 g/mol. The molecule has 0 aliphatic heterocycles. The van der Waals surface area contributed by atoms with Gasteiger partial charge in [-0.3, -0.25) is 4.79 Å². The summed E-state index contributed by atoms with van der Waals surface area (Å²) in [5.74, 6) is 0.316. The number of nitrogens with zero attached hydrogens (tertiary/aromatic N) is 1. The normalized spacial score (nSPS) is 10.5. The molecule has 1 amide bonds. The maximum absolute atomic E-state index is 12.3. The Labute approximate surface area is 132 Å². The van der Waals surface area contributed by atoms with Gasteiger partial charge in [-0.25, -0.2) is 4.98 Å². The molecule has 1 N–H and O–H groups in total. The predicted octanol–water partition coefficient (Wildman–Crippen LogP) is 4.15. The molecule has 0 saturated carbocycles. The topological polar surface area (TPSA) is 51.2 Å². The zero-order valence-corrected chi connectivity index (χ0v) is 12.6. The van der Waals surface area contributed by atoms with Crippen LogP contribution in [0, 0.1) is 0 Å². The smallest absolute Gasteiger partial charge is 0.255 e. The first-order chi connectivity index (χ1) is 10.7. The van der Waals surface area contributed by atoms with Crippen LogP contribution in [0.1, 0.15) is 10.4 Å². The first-order valence-electron chi connectivity index (χ1n) is 6.67. The molecule has 4 nitrogen and oxygen atoms in total. The number of hydrogen-bond acceptors (Lipinski definition) is 3. The van der Waals surface area contributed by atoms with Crippen LogP contribution in [0.3, 0.4) is 0 Å². The van der Waals surface area contributed by atoms with Gasteiger partial charge in [0, 0.05) is 27.7 Å². The Balaban J connectivity index is 1.88. The molecule has 0 atom stereocenters. The molecule has 0 saturated heterocycles. The van der Waals surface area contributed by atoms with Gasteiger partial charge in [-0.1, -0.05) is 17.7 Å². The summed E-state index contributed by atoms with van der Waals surface area (Å²) in [6.45, 7) is 0. The number of methoxy groups -OCH3 is 1. The lowest BCUT2D eigenvalue weighted by Gasteiger charge is -2.07.